The maximum Gasteiger partial charge on any atom is 0.250 e. The molecule has 3 N–H and O–H groups in total. The summed E-state index contributed by atoms with van der Waals surface area (Å²) in [5.41, 5.74) is 2.24. The minimum atomic E-state index is -1.81. The monoisotopic (exact) mass is 375 g/mol. The maximum atomic E-state index is 13.4. The Hall–Kier alpha value is -2.51. The SMILES string of the molecule is Cc1ccc(=O)n(C)cccc(C(C)Nc2ccc(F)cc2S(N)=O)c1. The fourth-order valence-corrected chi connectivity index (χ4v) is 2.98. The van der Waals surface area contributed by atoms with Crippen LogP contribution in [0.15, 0.2) is 64.4 Å². The van der Waals surface area contributed by atoms with E-state index in [0.717, 1.165) is 17.2 Å². The van der Waals surface area contributed by atoms with Gasteiger partial charge in [0, 0.05) is 25.4 Å². The van der Waals surface area contributed by atoms with Crippen LogP contribution in [0.5, 0.6) is 0 Å². The lowest BCUT2D eigenvalue weighted by Crippen LogP contribution is -2.12. The van der Waals surface area contributed by atoms with Crippen molar-refractivity contribution in [1.82, 2.24) is 4.57 Å². The third-order valence-electron chi connectivity index (χ3n) is 3.86. The molecule has 0 amide bonds. The molecule has 1 aromatic heterocycles. The number of hydrogen-bond acceptors (Lipinski definition) is 3. The second-order valence-corrected chi connectivity index (χ2v) is 7.02. The quantitative estimate of drug-likeness (QED) is 0.862. The van der Waals surface area contributed by atoms with Crippen LogP contribution >= 0.6 is 0 Å². The van der Waals surface area contributed by atoms with E-state index in [-0.39, 0.29) is 16.5 Å². The van der Waals surface area contributed by atoms with E-state index in [1.165, 1.54) is 22.8 Å². The molecule has 26 heavy (non-hydrogen) atoms. The Morgan fingerprint density at radius 1 is 1.19 bits per heavy atom. The normalized spacial score (nSPS) is 12.8. The van der Waals surface area contributed by atoms with E-state index in [1.807, 2.05) is 26.0 Å². The van der Waals surface area contributed by atoms with Gasteiger partial charge in [-0.2, -0.15) is 0 Å². The summed E-state index contributed by atoms with van der Waals surface area (Å²) in [6.45, 7) is 3.83. The molecule has 0 spiro atoms. The van der Waals surface area contributed by atoms with Gasteiger partial charge >= 0.3 is 0 Å². The minimum absolute atomic E-state index is 0.113. The molecule has 0 saturated carbocycles. The number of benzene rings is 1. The molecule has 0 radical (unpaired) electrons. The highest BCUT2D eigenvalue weighted by molar-refractivity contribution is 7.82. The van der Waals surface area contributed by atoms with Crippen molar-refractivity contribution >= 4 is 16.7 Å². The van der Waals surface area contributed by atoms with Gasteiger partial charge in [0.1, 0.15) is 16.8 Å². The van der Waals surface area contributed by atoms with Crippen LogP contribution in [-0.2, 0) is 18.0 Å². The number of nitrogens with one attached hydrogen (secondary N) is 1. The third-order valence-corrected chi connectivity index (χ3v) is 4.63. The van der Waals surface area contributed by atoms with Crippen molar-refractivity contribution in [3.63, 3.8) is 0 Å². The highest BCUT2D eigenvalue weighted by atomic mass is 32.2. The van der Waals surface area contributed by atoms with E-state index >= 15 is 0 Å². The van der Waals surface area contributed by atoms with Crippen molar-refractivity contribution in [3.05, 3.63) is 82.0 Å². The maximum absolute atomic E-state index is 13.4. The number of anilines is 1. The van der Waals surface area contributed by atoms with Gasteiger partial charge in [0.05, 0.1) is 10.6 Å². The van der Waals surface area contributed by atoms with Gasteiger partial charge in [0.15, 0.2) is 0 Å². The Morgan fingerprint density at radius 3 is 2.62 bits per heavy atom. The summed E-state index contributed by atoms with van der Waals surface area (Å²) < 4.78 is 26.6. The second kappa shape index (κ2) is 8.73. The molecule has 2 atom stereocenters. The lowest BCUT2D eigenvalue weighted by molar-refractivity contribution is 0.622. The second-order valence-electron chi connectivity index (χ2n) is 5.98. The van der Waals surface area contributed by atoms with Crippen LogP contribution in [0.2, 0.25) is 0 Å². The zero-order chi connectivity index (χ0) is 19.3. The van der Waals surface area contributed by atoms with Gasteiger partial charge in [-0.3, -0.25) is 4.79 Å². The largest absolute Gasteiger partial charge is 0.377 e. The minimum Gasteiger partial charge on any atom is -0.377 e. The first-order chi connectivity index (χ1) is 12.3. The number of rotatable bonds is 4. The van der Waals surface area contributed by atoms with Gasteiger partial charge in [-0.05, 0) is 43.7 Å². The molecule has 0 saturated heterocycles. The van der Waals surface area contributed by atoms with Crippen LogP contribution in [0.3, 0.4) is 0 Å². The van der Waals surface area contributed by atoms with Gasteiger partial charge in [-0.15, -0.1) is 0 Å². The number of aryl methyl sites for hydroxylation is 2. The van der Waals surface area contributed by atoms with Crippen molar-refractivity contribution in [2.75, 3.05) is 5.32 Å². The van der Waals surface area contributed by atoms with Crippen molar-refractivity contribution in [2.45, 2.75) is 24.8 Å². The summed E-state index contributed by atoms with van der Waals surface area (Å²) in [7, 11) is -0.125. The van der Waals surface area contributed by atoms with Crippen LogP contribution < -0.4 is 16.0 Å². The van der Waals surface area contributed by atoms with E-state index in [4.69, 9.17) is 5.14 Å². The van der Waals surface area contributed by atoms with Crippen LogP contribution in [0.25, 0.3) is 0 Å². The zero-order valence-corrected chi connectivity index (χ0v) is 15.7. The van der Waals surface area contributed by atoms with Gasteiger partial charge < -0.3 is 9.88 Å². The lowest BCUT2D eigenvalue weighted by atomic mass is 10.1. The molecule has 1 aromatic carbocycles. The van der Waals surface area contributed by atoms with Gasteiger partial charge in [0.2, 0.25) is 5.56 Å². The molecular weight excluding hydrogens is 353 g/mol. The number of hydrogen-bond donors (Lipinski definition) is 2. The van der Waals surface area contributed by atoms with Crippen molar-refractivity contribution < 1.29 is 8.60 Å². The molecule has 0 fully saturated rings. The number of nitrogens with two attached hydrogens (primary N) is 1. The van der Waals surface area contributed by atoms with Crippen LogP contribution in [0.4, 0.5) is 10.1 Å². The molecule has 5 nitrogen and oxygen atoms in total. The Labute approximate surface area is 154 Å². The Balaban J connectivity index is 2.45. The summed E-state index contributed by atoms with van der Waals surface area (Å²) >= 11 is 0. The smallest absolute Gasteiger partial charge is 0.250 e. The number of halogens is 1. The van der Waals surface area contributed by atoms with Crippen molar-refractivity contribution in [2.24, 2.45) is 12.2 Å². The van der Waals surface area contributed by atoms with Gasteiger partial charge in [-0.25, -0.2) is 13.7 Å². The molecule has 2 aromatic rings. The molecule has 0 aliphatic heterocycles. The molecule has 138 valence electrons. The van der Waals surface area contributed by atoms with Crippen LogP contribution in [-0.4, -0.2) is 8.78 Å². The summed E-state index contributed by atoms with van der Waals surface area (Å²) in [5, 5.41) is 8.68. The van der Waals surface area contributed by atoms with E-state index in [0.29, 0.717) is 5.69 Å². The highest BCUT2D eigenvalue weighted by Crippen LogP contribution is 2.24. The summed E-state index contributed by atoms with van der Waals surface area (Å²) in [6, 6.07) is 12.7. The Bertz CT molecular complexity index is 942. The molecule has 0 bridgehead atoms. The lowest BCUT2D eigenvalue weighted by Gasteiger charge is -2.17. The first kappa shape index (κ1) is 19.8. The van der Waals surface area contributed by atoms with E-state index < -0.39 is 16.8 Å². The fraction of sp³-hybridized carbons (Fsp3) is 0.211. The molecule has 1 heterocycles. The molecule has 2 unspecified atom stereocenters. The van der Waals surface area contributed by atoms with Crippen molar-refractivity contribution in [1.29, 1.82) is 0 Å². The zero-order valence-electron chi connectivity index (χ0n) is 14.9. The molecule has 7 heteroatoms. The standard InChI is InChI=1S/C19H22FN3O2S/c1-13-6-9-19(24)23(3)10-4-5-15(11-13)14(2)22-17-8-7-16(20)12-18(17)26(21)25/h4-12,14,22H,21H2,1-3H3. The fourth-order valence-electron chi connectivity index (χ4n) is 2.40. The molecule has 0 aliphatic rings. The van der Waals surface area contributed by atoms with Crippen LogP contribution in [0.1, 0.15) is 24.1 Å². The molecular formula is C19H22FN3O2S. The highest BCUT2D eigenvalue weighted by Gasteiger charge is 2.12. The predicted octanol–water partition coefficient (Wildman–Crippen LogP) is 3.11. The Morgan fingerprint density at radius 2 is 1.92 bits per heavy atom. The molecule has 0 aliphatic carbocycles. The average Bonchev–Trinajstić information content (AvgIpc) is 2.59. The topological polar surface area (TPSA) is 77.1 Å². The average molecular weight is 375 g/mol. The van der Waals surface area contributed by atoms with E-state index in [2.05, 4.69) is 5.32 Å². The predicted molar refractivity (Wildman–Crippen MR) is 103 cm³/mol. The number of nitrogens with zero attached hydrogens (tertiary/aromatic N) is 1. The first-order valence-corrected chi connectivity index (χ1v) is 9.23. The first-order valence-electron chi connectivity index (χ1n) is 8.01. The summed E-state index contributed by atoms with van der Waals surface area (Å²) in [4.78, 5) is 12.0. The van der Waals surface area contributed by atoms with Gasteiger partial charge in [0.25, 0.3) is 0 Å². The van der Waals surface area contributed by atoms with Crippen LogP contribution in [0, 0.1) is 12.7 Å². The van der Waals surface area contributed by atoms with E-state index in [1.54, 1.807) is 25.4 Å². The van der Waals surface area contributed by atoms with E-state index in [9.17, 15) is 13.4 Å². The number of aromatic nitrogens is 1. The van der Waals surface area contributed by atoms with Crippen molar-refractivity contribution in [3.8, 4) is 0 Å². The summed E-state index contributed by atoms with van der Waals surface area (Å²) in [5.74, 6) is -0.494. The third kappa shape index (κ3) is 5.24. The summed E-state index contributed by atoms with van der Waals surface area (Å²) in [6.07, 6.45) is 1.67. The van der Waals surface area contributed by atoms with Gasteiger partial charge in [-0.1, -0.05) is 23.8 Å². The Kier molecular flexibility index (Phi) is 6.65. The molecule has 2 rings (SSSR count).